The number of aliphatic hydroxyl groups excluding tert-OH is 1. The quantitative estimate of drug-likeness (QED) is 0.849. The third-order valence-electron chi connectivity index (χ3n) is 2.42. The summed E-state index contributed by atoms with van der Waals surface area (Å²) in [6.07, 6.45) is 0.455. The van der Waals surface area contributed by atoms with Crippen LogP contribution in [0.4, 0.5) is 0 Å². The average Bonchev–Trinajstić information content (AvgIpc) is 2.35. The molecule has 2 rings (SSSR count). The summed E-state index contributed by atoms with van der Waals surface area (Å²) >= 11 is 0. The maximum atomic E-state index is 9.77. The van der Waals surface area contributed by atoms with Gasteiger partial charge in [-0.1, -0.05) is 30.3 Å². The zero-order valence-corrected chi connectivity index (χ0v) is 9.34. The minimum atomic E-state index is 0.0224. The maximum absolute atomic E-state index is 9.77. The molecule has 0 atom stereocenters. The second-order valence-electron chi connectivity index (χ2n) is 3.65. The summed E-state index contributed by atoms with van der Waals surface area (Å²) in [4.78, 5) is 0. The predicted octanol–water partition coefficient (Wildman–Crippen LogP) is 2.72. The first-order valence-corrected chi connectivity index (χ1v) is 5.46. The summed E-state index contributed by atoms with van der Waals surface area (Å²) in [6.45, 7) is 0.0224. The van der Waals surface area contributed by atoms with Crippen molar-refractivity contribution >= 4 is 0 Å². The van der Waals surface area contributed by atoms with Crippen molar-refractivity contribution in [2.75, 3.05) is 6.61 Å². The highest BCUT2D eigenvalue weighted by atomic mass is 16.5. The van der Waals surface area contributed by atoms with Crippen molar-refractivity contribution < 1.29 is 14.9 Å². The predicted molar refractivity (Wildman–Crippen MR) is 65.4 cm³/mol. The highest BCUT2D eigenvalue weighted by Gasteiger charge is 2.09. The first-order chi connectivity index (χ1) is 8.31. The van der Waals surface area contributed by atoms with Crippen LogP contribution in [0, 0.1) is 0 Å². The fraction of sp³-hybridized carbons (Fsp3) is 0.143. The number of para-hydroxylation sites is 2. The number of hydrogen-bond donors (Lipinski definition) is 2. The van der Waals surface area contributed by atoms with Crippen LogP contribution in [0.5, 0.6) is 17.2 Å². The molecule has 0 amide bonds. The second-order valence-corrected chi connectivity index (χ2v) is 3.65. The van der Waals surface area contributed by atoms with Gasteiger partial charge in [0.1, 0.15) is 5.75 Å². The van der Waals surface area contributed by atoms with Crippen molar-refractivity contribution in [1.29, 1.82) is 0 Å². The van der Waals surface area contributed by atoms with Gasteiger partial charge in [0.05, 0.1) is 0 Å². The third-order valence-corrected chi connectivity index (χ3v) is 2.42. The van der Waals surface area contributed by atoms with Crippen molar-refractivity contribution in [1.82, 2.24) is 0 Å². The lowest BCUT2D eigenvalue weighted by molar-refractivity contribution is 0.297. The second kappa shape index (κ2) is 5.37. The van der Waals surface area contributed by atoms with Gasteiger partial charge >= 0.3 is 0 Å². The van der Waals surface area contributed by atoms with Gasteiger partial charge in [-0.3, -0.25) is 0 Å². The molecule has 0 heterocycles. The lowest BCUT2D eigenvalue weighted by Gasteiger charge is -2.11. The molecule has 0 saturated heterocycles. The van der Waals surface area contributed by atoms with E-state index in [0.717, 1.165) is 5.56 Å². The topological polar surface area (TPSA) is 49.7 Å². The van der Waals surface area contributed by atoms with E-state index < -0.39 is 0 Å². The van der Waals surface area contributed by atoms with Crippen LogP contribution in [0.2, 0.25) is 0 Å². The van der Waals surface area contributed by atoms with E-state index in [0.29, 0.717) is 17.9 Å². The zero-order valence-electron chi connectivity index (χ0n) is 9.34. The molecule has 2 aromatic rings. The Hall–Kier alpha value is -2.00. The van der Waals surface area contributed by atoms with Gasteiger partial charge in [-0.15, -0.1) is 0 Å². The molecule has 0 aliphatic heterocycles. The molecule has 2 N–H and O–H groups in total. The standard InChI is InChI=1S/C14H14O3/c15-10-9-11-5-4-8-13(16)14(11)17-12-6-2-1-3-7-12/h1-8,15-16H,9-10H2. The van der Waals surface area contributed by atoms with Crippen molar-refractivity contribution in [3.8, 4) is 17.2 Å². The summed E-state index contributed by atoms with van der Waals surface area (Å²) in [5, 5.41) is 18.7. The van der Waals surface area contributed by atoms with Crippen LogP contribution in [0.1, 0.15) is 5.56 Å². The minimum Gasteiger partial charge on any atom is -0.504 e. The Morgan fingerprint density at radius 2 is 1.71 bits per heavy atom. The van der Waals surface area contributed by atoms with Gasteiger partial charge in [-0.05, 0) is 24.6 Å². The summed E-state index contributed by atoms with van der Waals surface area (Å²) in [6, 6.07) is 14.4. The first kappa shape index (κ1) is 11.5. The summed E-state index contributed by atoms with van der Waals surface area (Å²) in [5.41, 5.74) is 0.788. The molecule has 0 saturated carbocycles. The molecule has 0 aliphatic rings. The van der Waals surface area contributed by atoms with Crippen LogP contribution in [0.15, 0.2) is 48.5 Å². The van der Waals surface area contributed by atoms with Crippen LogP contribution >= 0.6 is 0 Å². The Balaban J connectivity index is 2.31. The van der Waals surface area contributed by atoms with Crippen LogP contribution < -0.4 is 4.74 Å². The molecule has 0 spiro atoms. The molecule has 0 radical (unpaired) electrons. The molecular formula is C14H14O3. The number of rotatable bonds is 4. The van der Waals surface area contributed by atoms with Crippen molar-refractivity contribution in [2.45, 2.75) is 6.42 Å². The molecule has 0 unspecified atom stereocenters. The van der Waals surface area contributed by atoms with E-state index >= 15 is 0 Å². The van der Waals surface area contributed by atoms with E-state index in [4.69, 9.17) is 9.84 Å². The van der Waals surface area contributed by atoms with Gasteiger partial charge in [0.15, 0.2) is 11.5 Å². The van der Waals surface area contributed by atoms with E-state index in [9.17, 15) is 5.11 Å². The molecule has 2 aromatic carbocycles. The Labute approximate surface area is 99.9 Å². The number of benzene rings is 2. The number of ether oxygens (including phenoxy) is 1. The van der Waals surface area contributed by atoms with Crippen LogP contribution in [0.3, 0.4) is 0 Å². The van der Waals surface area contributed by atoms with Gasteiger partial charge in [-0.2, -0.15) is 0 Å². The Bertz CT molecular complexity index is 480. The Morgan fingerprint density at radius 1 is 0.941 bits per heavy atom. The maximum Gasteiger partial charge on any atom is 0.172 e. The highest BCUT2D eigenvalue weighted by Crippen LogP contribution is 2.34. The number of phenols is 1. The minimum absolute atomic E-state index is 0.0224. The highest BCUT2D eigenvalue weighted by molar-refractivity contribution is 5.48. The summed E-state index contributed by atoms with van der Waals surface area (Å²) in [7, 11) is 0. The summed E-state index contributed by atoms with van der Waals surface area (Å²) in [5.74, 6) is 1.15. The number of hydrogen-bond acceptors (Lipinski definition) is 3. The lowest BCUT2D eigenvalue weighted by atomic mass is 10.1. The Morgan fingerprint density at radius 3 is 2.41 bits per heavy atom. The van der Waals surface area contributed by atoms with E-state index in [1.165, 1.54) is 0 Å². The van der Waals surface area contributed by atoms with Gasteiger partial charge in [0.25, 0.3) is 0 Å². The number of aliphatic hydroxyl groups is 1. The molecule has 0 fully saturated rings. The van der Waals surface area contributed by atoms with Gasteiger partial charge in [0, 0.05) is 12.2 Å². The van der Waals surface area contributed by atoms with Crippen molar-refractivity contribution in [3.63, 3.8) is 0 Å². The van der Waals surface area contributed by atoms with Crippen LogP contribution in [-0.2, 0) is 6.42 Å². The normalized spacial score (nSPS) is 10.2. The van der Waals surface area contributed by atoms with E-state index in [2.05, 4.69) is 0 Å². The fourth-order valence-corrected chi connectivity index (χ4v) is 1.61. The monoisotopic (exact) mass is 230 g/mol. The molecule has 0 bridgehead atoms. The first-order valence-electron chi connectivity index (χ1n) is 5.46. The van der Waals surface area contributed by atoms with E-state index in [1.807, 2.05) is 36.4 Å². The third kappa shape index (κ3) is 2.77. The summed E-state index contributed by atoms with van der Waals surface area (Å²) < 4.78 is 5.63. The van der Waals surface area contributed by atoms with Crippen LogP contribution in [-0.4, -0.2) is 16.8 Å². The molecular weight excluding hydrogens is 216 g/mol. The average molecular weight is 230 g/mol. The molecule has 0 aromatic heterocycles. The largest absolute Gasteiger partial charge is 0.504 e. The van der Waals surface area contributed by atoms with Gasteiger partial charge < -0.3 is 14.9 Å². The SMILES string of the molecule is OCCc1cccc(O)c1Oc1ccccc1. The molecule has 3 nitrogen and oxygen atoms in total. The van der Waals surface area contributed by atoms with Crippen molar-refractivity contribution in [3.05, 3.63) is 54.1 Å². The van der Waals surface area contributed by atoms with Gasteiger partial charge in [-0.25, -0.2) is 0 Å². The Kier molecular flexibility index (Phi) is 3.62. The molecule has 88 valence electrons. The van der Waals surface area contributed by atoms with Crippen molar-refractivity contribution in [2.24, 2.45) is 0 Å². The lowest BCUT2D eigenvalue weighted by Crippen LogP contribution is -1.95. The fourth-order valence-electron chi connectivity index (χ4n) is 1.61. The number of phenolic OH excluding ortho intramolecular Hbond substituents is 1. The van der Waals surface area contributed by atoms with Gasteiger partial charge in [0.2, 0.25) is 0 Å². The van der Waals surface area contributed by atoms with Crippen LogP contribution in [0.25, 0.3) is 0 Å². The molecule has 3 heteroatoms. The molecule has 0 aliphatic carbocycles. The zero-order chi connectivity index (χ0) is 12.1. The molecule has 17 heavy (non-hydrogen) atoms. The van der Waals surface area contributed by atoms with E-state index in [1.54, 1.807) is 12.1 Å². The number of aromatic hydroxyl groups is 1. The van der Waals surface area contributed by atoms with E-state index in [-0.39, 0.29) is 12.4 Å². The smallest absolute Gasteiger partial charge is 0.172 e.